The second-order valence-corrected chi connectivity index (χ2v) is 6.61. The van der Waals surface area contributed by atoms with Crippen LogP contribution in [0.4, 0.5) is 5.82 Å². The van der Waals surface area contributed by atoms with Crippen molar-refractivity contribution in [2.45, 2.75) is 51.2 Å². The summed E-state index contributed by atoms with van der Waals surface area (Å²) in [7, 11) is 0. The number of hydrogen-bond acceptors (Lipinski definition) is 4. The van der Waals surface area contributed by atoms with E-state index in [0.29, 0.717) is 18.1 Å². The lowest BCUT2D eigenvalue weighted by atomic mass is 10.1. The third kappa shape index (κ3) is 3.08. The van der Waals surface area contributed by atoms with Crippen molar-refractivity contribution in [3.05, 3.63) is 16.5 Å². The van der Waals surface area contributed by atoms with E-state index in [9.17, 15) is 0 Å². The van der Waals surface area contributed by atoms with Crippen LogP contribution in [0.15, 0.2) is 10.7 Å². The largest absolute Gasteiger partial charge is 0.376 e. The number of halogens is 1. The zero-order chi connectivity index (χ0) is 13.4. The van der Waals surface area contributed by atoms with Crippen molar-refractivity contribution in [3.8, 4) is 0 Å². The van der Waals surface area contributed by atoms with Gasteiger partial charge in [0.2, 0.25) is 0 Å². The molecule has 1 aliphatic heterocycles. The van der Waals surface area contributed by atoms with Crippen molar-refractivity contribution in [2.24, 2.45) is 5.92 Å². The van der Waals surface area contributed by atoms with Crippen LogP contribution in [0.3, 0.4) is 0 Å². The number of ether oxygens (including phenoxy) is 1. The fourth-order valence-corrected chi connectivity index (χ4v) is 3.01. The molecule has 2 atom stereocenters. The topological polar surface area (TPSA) is 47.0 Å². The predicted molar refractivity (Wildman–Crippen MR) is 78.3 cm³/mol. The third-order valence-corrected chi connectivity index (χ3v) is 4.19. The van der Waals surface area contributed by atoms with E-state index in [-0.39, 0.29) is 0 Å². The summed E-state index contributed by atoms with van der Waals surface area (Å²) >= 11 is 3.46. The highest BCUT2D eigenvalue weighted by Crippen LogP contribution is 2.39. The van der Waals surface area contributed by atoms with Crippen molar-refractivity contribution in [2.75, 3.05) is 11.9 Å². The molecule has 0 amide bonds. The van der Waals surface area contributed by atoms with Gasteiger partial charge in [0.15, 0.2) is 0 Å². The minimum absolute atomic E-state index is 0.331. The van der Waals surface area contributed by atoms with Crippen molar-refractivity contribution < 1.29 is 4.74 Å². The van der Waals surface area contributed by atoms with E-state index in [0.717, 1.165) is 35.2 Å². The Bertz CT molecular complexity index is 462. The fourth-order valence-electron chi connectivity index (χ4n) is 2.61. The number of rotatable bonds is 4. The molecule has 0 aromatic carbocycles. The number of anilines is 1. The predicted octanol–water partition coefficient (Wildman–Crippen LogP) is 3.34. The maximum atomic E-state index is 5.85. The van der Waals surface area contributed by atoms with Gasteiger partial charge in [-0.2, -0.15) is 0 Å². The Morgan fingerprint density at radius 3 is 2.79 bits per heavy atom. The molecule has 19 heavy (non-hydrogen) atoms. The summed E-state index contributed by atoms with van der Waals surface area (Å²) in [5.41, 5.74) is 0. The molecule has 2 unspecified atom stereocenters. The first kappa shape index (κ1) is 13.3. The van der Waals surface area contributed by atoms with Crippen molar-refractivity contribution in [1.82, 2.24) is 9.97 Å². The molecule has 3 rings (SSSR count). The van der Waals surface area contributed by atoms with Crippen LogP contribution in [0.25, 0.3) is 0 Å². The van der Waals surface area contributed by atoms with Gasteiger partial charge in [-0.25, -0.2) is 9.97 Å². The first-order valence-electron chi connectivity index (χ1n) is 7.06. The van der Waals surface area contributed by atoms with Crippen LogP contribution in [0, 0.1) is 5.92 Å². The molecular formula is C14H20BrN3O. The summed E-state index contributed by atoms with van der Waals surface area (Å²) in [6, 6.07) is 2.35. The van der Waals surface area contributed by atoms with Gasteiger partial charge < -0.3 is 10.1 Å². The van der Waals surface area contributed by atoms with E-state index >= 15 is 0 Å². The van der Waals surface area contributed by atoms with Crippen LogP contribution in [-0.4, -0.2) is 28.7 Å². The minimum atomic E-state index is 0.331. The van der Waals surface area contributed by atoms with Gasteiger partial charge in [-0.3, -0.25) is 0 Å². The smallest absolute Gasteiger partial charge is 0.134 e. The maximum Gasteiger partial charge on any atom is 0.134 e. The van der Waals surface area contributed by atoms with E-state index < -0.39 is 0 Å². The van der Waals surface area contributed by atoms with Gasteiger partial charge in [0.25, 0.3) is 0 Å². The molecule has 4 nitrogen and oxygen atoms in total. The highest BCUT2D eigenvalue weighted by molar-refractivity contribution is 9.10. The van der Waals surface area contributed by atoms with E-state index in [1.54, 1.807) is 0 Å². The molecule has 1 N–H and O–H groups in total. The van der Waals surface area contributed by atoms with Gasteiger partial charge in [-0.05, 0) is 41.1 Å². The Morgan fingerprint density at radius 2 is 2.11 bits per heavy atom. The molecule has 1 aromatic rings. The van der Waals surface area contributed by atoms with Gasteiger partial charge >= 0.3 is 0 Å². The second-order valence-electron chi connectivity index (χ2n) is 5.80. The summed E-state index contributed by atoms with van der Waals surface area (Å²) in [6.07, 6.45) is 4.07. The van der Waals surface area contributed by atoms with Gasteiger partial charge in [-0.1, -0.05) is 13.8 Å². The van der Waals surface area contributed by atoms with Gasteiger partial charge in [0.05, 0.1) is 12.1 Å². The highest BCUT2D eigenvalue weighted by Gasteiger charge is 2.40. The van der Waals surface area contributed by atoms with Crippen molar-refractivity contribution in [3.63, 3.8) is 0 Å². The maximum absolute atomic E-state index is 5.85. The van der Waals surface area contributed by atoms with Crippen LogP contribution in [0.1, 0.15) is 44.9 Å². The summed E-state index contributed by atoms with van der Waals surface area (Å²) < 4.78 is 6.70. The third-order valence-electron chi connectivity index (χ3n) is 3.78. The Labute approximate surface area is 122 Å². The van der Waals surface area contributed by atoms with E-state index in [2.05, 4.69) is 45.1 Å². The standard InChI is InChI=1S/C14H20BrN3O/c1-8(2)14-17-11(15)7-12(18-14)16-10-5-6-19-13(10)9-3-4-9/h7-10,13H,3-6H2,1-2H3,(H,16,17,18). The molecule has 2 heterocycles. The molecule has 1 saturated carbocycles. The van der Waals surface area contributed by atoms with Crippen LogP contribution in [0.2, 0.25) is 0 Å². The number of nitrogens with zero attached hydrogens (tertiary/aromatic N) is 2. The van der Waals surface area contributed by atoms with Crippen LogP contribution in [0.5, 0.6) is 0 Å². The molecule has 2 fully saturated rings. The Kier molecular flexibility index (Phi) is 3.76. The lowest BCUT2D eigenvalue weighted by Gasteiger charge is -2.20. The highest BCUT2D eigenvalue weighted by atomic mass is 79.9. The minimum Gasteiger partial charge on any atom is -0.376 e. The number of hydrogen-bond donors (Lipinski definition) is 1. The van der Waals surface area contributed by atoms with Gasteiger partial charge in [0.1, 0.15) is 16.2 Å². The molecule has 0 bridgehead atoms. The fraction of sp³-hybridized carbons (Fsp3) is 0.714. The molecule has 1 saturated heterocycles. The zero-order valence-electron chi connectivity index (χ0n) is 11.4. The van der Waals surface area contributed by atoms with Crippen LogP contribution >= 0.6 is 15.9 Å². The normalized spacial score (nSPS) is 26.9. The first-order chi connectivity index (χ1) is 9.13. The first-order valence-corrected chi connectivity index (χ1v) is 7.85. The number of nitrogens with one attached hydrogen (secondary N) is 1. The van der Waals surface area contributed by atoms with Crippen LogP contribution < -0.4 is 5.32 Å². The van der Waals surface area contributed by atoms with Gasteiger partial charge in [0, 0.05) is 18.6 Å². The molecule has 0 radical (unpaired) electrons. The summed E-state index contributed by atoms with van der Waals surface area (Å²) in [4.78, 5) is 9.01. The van der Waals surface area contributed by atoms with Crippen molar-refractivity contribution in [1.29, 1.82) is 0 Å². The average Bonchev–Trinajstić information content (AvgIpc) is 3.10. The molecule has 5 heteroatoms. The van der Waals surface area contributed by atoms with E-state index in [4.69, 9.17) is 4.74 Å². The van der Waals surface area contributed by atoms with E-state index in [1.807, 2.05) is 6.07 Å². The molecule has 1 aliphatic carbocycles. The summed E-state index contributed by atoms with van der Waals surface area (Å²) in [5.74, 6) is 2.87. The molecule has 0 spiro atoms. The van der Waals surface area contributed by atoms with Gasteiger partial charge in [-0.15, -0.1) is 0 Å². The molecule has 1 aromatic heterocycles. The lowest BCUT2D eigenvalue weighted by Crippen LogP contribution is -2.31. The Hall–Kier alpha value is -0.680. The lowest BCUT2D eigenvalue weighted by molar-refractivity contribution is 0.0898. The monoisotopic (exact) mass is 325 g/mol. The molecular weight excluding hydrogens is 306 g/mol. The summed E-state index contributed by atoms with van der Waals surface area (Å²) in [5, 5.41) is 3.54. The molecule has 2 aliphatic rings. The zero-order valence-corrected chi connectivity index (χ0v) is 13.0. The van der Waals surface area contributed by atoms with E-state index in [1.165, 1.54) is 12.8 Å². The Balaban J connectivity index is 1.75. The van der Waals surface area contributed by atoms with Crippen molar-refractivity contribution >= 4 is 21.7 Å². The SMILES string of the molecule is CC(C)c1nc(Br)cc(NC2CCOC2C2CC2)n1. The average molecular weight is 326 g/mol. The quantitative estimate of drug-likeness (QED) is 0.862. The summed E-state index contributed by atoms with van der Waals surface area (Å²) in [6.45, 7) is 5.08. The number of aromatic nitrogens is 2. The second kappa shape index (κ2) is 5.37. The van der Waals surface area contributed by atoms with Crippen LogP contribution in [-0.2, 0) is 4.74 Å². The Morgan fingerprint density at radius 1 is 1.32 bits per heavy atom. The molecule has 104 valence electrons.